The Balaban J connectivity index is 1.66. The number of nitrogens with two attached hydrogens (primary N) is 1. The normalized spacial score (nSPS) is 18.8. The first-order valence-electron chi connectivity index (χ1n) is 7.38. The van der Waals surface area contributed by atoms with E-state index in [2.05, 4.69) is 23.7 Å². The highest BCUT2D eigenvalue weighted by Gasteiger charge is 2.26. The van der Waals surface area contributed by atoms with Gasteiger partial charge in [0, 0.05) is 18.0 Å². The minimum Gasteiger partial charge on any atom is -0.440 e. The number of para-hydroxylation sites is 2. The van der Waals surface area contributed by atoms with E-state index in [0.717, 1.165) is 49.5 Å². The Morgan fingerprint density at radius 1 is 1.30 bits per heavy atom. The Labute approximate surface area is 120 Å². The summed E-state index contributed by atoms with van der Waals surface area (Å²) in [5.41, 5.74) is 7.83. The van der Waals surface area contributed by atoms with Crippen molar-refractivity contribution in [3.8, 4) is 0 Å². The van der Waals surface area contributed by atoms with Gasteiger partial charge >= 0.3 is 0 Å². The number of aromatic nitrogens is 1. The summed E-state index contributed by atoms with van der Waals surface area (Å²) >= 11 is 0. The Kier molecular flexibility index (Phi) is 3.52. The molecule has 2 N–H and O–H groups in total. The summed E-state index contributed by atoms with van der Waals surface area (Å²) in [7, 11) is 0. The van der Waals surface area contributed by atoms with Gasteiger partial charge in [0.1, 0.15) is 5.52 Å². The second-order valence-electron chi connectivity index (χ2n) is 6.56. The highest BCUT2D eigenvalue weighted by molar-refractivity contribution is 5.72. The molecule has 0 unspecified atom stereocenters. The van der Waals surface area contributed by atoms with Crippen molar-refractivity contribution >= 4 is 11.1 Å². The molecule has 0 saturated carbocycles. The number of benzene rings is 1. The molecule has 1 saturated heterocycles. The van der Waals surface area contributed by atoms with E-state index in [1.165, 1.54) is 0 Å². The third-order valence-corrected chi connectivity index (χ3v) is 3.88. The first-order chi connectivity index (χ1) is 9.51. The second kappa shape index (κ2) is 5.19. The molecule has 1 aromatic carbocycles. The van der Waals surface area contributed by atoms with Crippen LogP contribution in [0.4, 0.5) is 0 Å². The van der Waals surface area contributed by atoms with Crippen molar-refractivity contribution in [1.82, 2.24) is 9.88 Å². The van der Waals surface area contributed by atoms with E-state index in [0.29, 0.717) is 5.92 Å². The molecule has 108 valence electrons. The van der Waals surface area contributed by atoms with Crippen LogP contribution in [0.3, 0.4) is 0 Å². The summed E-state index contributed by atoms with van der Waals surface area (Å²) in [4.78, 5) is 7.07. The Morgan fingerprint density at radius 3 is 2.65 bits per heavy atom. The monoisotopic (exact) mass is 273 g/mol. The summed E-state index contributed by atoms with van der Waals surface area (Å²) in [5.74, 6) is 1.34. The molecule has 4 heteroatoms. The van der Waals surface area contributed by atoms with Gasteiger partial charge in [0.25, 0.3) is 0 Å². The first-order valence-corrected chi connectivity index (χ1v) is 7.38. The quantitative estimate of drug-likeness (QED) is 0.934. The van der Waals surface area contributed by atoms with Crippen molar-refractivity contribution in [2.24, 2.45) is 5.73 Å². The standard InChI is InChI=1S/C16H23N3O/c1-16(2,17)11-19-9-7-12(8-10-19)15-18-13-5-3-4-6-14(13)20-15/h3-6,12H,7-11,17H2,1-2H3. The lowest BCUT2D eigenvalue weighted by molar-refractivity contribution is 0.171. The van der Waals surface area contributed by atoms with Gasteiger partial charge in [-0.2, -0.15) is 0 Å². The van der Waals surface area contributed by atoms with Crippen LogP contribution in [0.25, 0.3) is 11.1 Å². The molecule has 1 fully saturated rings. The summed E-state index contributed by atoms with van der Waals surface area (Å²) < 4.78 is 5.89. The minimum atomic E-state index is -0.121. The van der Waals surface area contributed by atoms with Crippen LogP contribution in [0.5, 0.6) is 0 Å². The lowest BCUT2D eigenvalue weighted by Crippen LogP contribution is -2.47. The van der Waals surface area contributed by atoms with Gasteiger partial charge < -0.3 is 15.1 Å². The van der Waals surface area contributed by atoms with E-state index in [-0.39, 0.29) is 5.54 Å². The zero-order chi connectivity index (χ0) is 14.2. The lowest BCUT2D eigenvalue weighted by Gasteiger charge is -2.34. The molecule has 0 spiro atoms. The van der Waals surface area contributed by atoms with Gasteiger partial charge in [-0.1, -0.05) is 12.1 Å². The van der Waals surface area contributed by atoms with Crippen molar-refractivity contribution in [2.45, 2.75) is 38.1 Å². The van der Waals surface area contributed by atoms with Crippen LogP contribution >= 0.6 is 0 Å². The zero-order valence-electron chi connectivity index (χ0n) is 12.3. The SMILES string of the molecule is CC(C)(N)CN1CCC(c2nc3ccccc3o2)CC1. The maximum absolute atomic E-state index is 6.09. The fourth-order valence-electron chi connectivity index (χ4n) is 2.98. The molecule has 2 heterocycles. The van der Waals surface area contributed by atoms with Gasteiger partial charge in [0.2, 0.25) is 0 Å². The average Bonchev–Trinajstić information content (AvgIpc) is 2.81. The highest BCUT2D eigenvalue weighted by atomic mass is 16.3. The number of fused-ring (bicyclic) bond motifs is 1. The first kappa shape index (κ1) is 13.6. The molecule has 0 aliphatic carbocycles. The largest absolute Gasteiger partial charge is 0.440 e. The third-order valence-electron chi connectivity index (χ3n) is 3.88. The van der Waals surface area contributed by atoms with Crippen LogP contribution in [0.15, 0.2) is 28.7 Å². The average molecular weight is 273 g/mol. The Hall–Kier alpha value is -1.39. The number of rotatable bonds is 3. The number of oxazole rings is 1. The van der Waals surface area contributed by atoms with E-state index in [9.17, 15) is 0 Å². The third kappa shape index (κ3) is 3.02. The van der Waals surface area contributed by atoms with E-state index in [4.69, 9.17) is 10.2 Å². The van der Waals surface area contributed by atoms with Gasteiger partial charge in [-0.25, -0.2) is 4.98 Å². The van der Waals surface area contributed by atoms with Crippen LogP contribution in [0.1, 0.15) is 38.5 Å². The van der Waals surface area contributed by atoms with Crippen LogP contribution in [0.2, 0.25) is 0 Å². The van der Waals surface area contributed by atoms with Gasteiger partial charge in [0.05, 0.1) is 0 Å². The zero-order valence-corrected chi connectivity index (χ0v) is 12.3. The molecule has 0 radical (unpaired) electrons. The molecule has 3 rings (SSSR count). The van der Waals surface area contributed by atoms with E-state index in [1.807, 2.05) is 24.3 Å². The van der Waals surface area contributed by atoms with Crippen molar-refractivity contribution < 1.29 is 4.42 Å². The van der Waals surface area contributed by atoms with E-state index < -0.39 is 0 Å². The summed E-state index contributed by atoms with van der Waals surface area (Å²) in [6.07, 6.45) is 2.20. The van der Waals surface area contributed by atoms with Gasteiger partial charge in [-0.3, -0.25) is 0 Å². The molecule has 20 heavy (non-hydrogen) atoms. The summed E-state index contributed by atoms with van der Waals surface area (Å²) in [6.45, 7) is 7.26. The maximum Gasteiger partial charge on any atom is 0.198 e. The van der Waals surface area contributed by atoms with Crippen LogP contribution in [-0.4, -0.2) is 35.1 Å². The molecular formula is C16H23N3O. The fraction of sp³-hybridized carbons (Fsp3) is 0.562. The Bertz CT molecular complexity index is 544. The number of piperidine rings is 1. The van der Waals surface area contributed by atoms with Crippen molar-refractivity contribution in [3.63, 3.8) is 0 Å². The van der Waals surface area contributed by atoms with Crippen molar-refractivity contribution in [2.75, 3.05) is 19.6 Å². The van der Waals surface area contributed by atoms with Crippen LogP contribution in [0, 0.1) is 0 Å². The molecule has 0 atom stereocenters. The number of hydrogen-bond acceptors (Lipinski definition) is 4. The summed E-state index contributed by atoms with van der Waals surface area (Å²) in [5, 5.41) is 0. The van der Waals surface area contributed by atoms with E-state index in [1.54, 1.807) is 0 Å². The van der Waals surface area contributed by atoms with Crippen LogP contribution in [-0.2, 0) is 0 Å². The fourth-order valence-corrected chi connectivity index (χ4v) is 2.98. The van der Waals surface area contributed by atoms with E-state index >= 15 is 0 Å². The van der Waals surface area contributed by atoms with Gasteiger partial charge in [-0.05, 0) is 51.9 Å². The van der Waals surface area contributed by atoms with Crippen molar-refractivity contribution in [1.29, 1.82) is 0 Å². The van der Waals surface area contributed by atoms with Crippen LogP contribution < -0.4 is 5.73 Å². The van der Waals surface area contributed by atoms with Crippen molar-refractivity contribution in [3.05, 3.63) is 30.2 Å². The summed E-state index contributed by atoms with van der Waals surface area (Å²) in [6, 6.07) is 7.98. The molecule has 0 amide bonds. The molecular weight excluding hydrogens is 250 g/mol. The molecule has 4 nitrogen and oxygen atoms in total. The molecule has 1 aliphatic rings. The predicted octanol–water partition coefficient (Wildman–Crippen LogP) is 2.74. The number of hydrogen-bond donors (Lipinski definition) is 1. The minimum absolute atomic E-state index is 0.121. The second-order valence-corrected chi connectivity index (χ2v) is 6.56. The molecule has 1 aliphatic heterocycles. The molecule has 0 bridgehead atoms. The number of nitrogens with zero attached hydrogens (tertiary/aromatic N) is 2. The van der Waals surface area contributed by atoms with Gasteiger partial charge in [0.15, 0.2) is 11.5 Å². The lowest BCUT2D eigenvalue weighted by atomic mass is 9.95. The maximum atomic E-state index is 6.09. The highest BCUT2D eigenvalue weighted by Crippen LogP contribution is 2.30. The molecule has 1 aromatic heterocycles. The predicted molar refractivity (Wildman–Crippen MR) is 80.7 cm³/mol. The smallest absolute Gasteiger partial charge is 0.198 e. The van der Waals surface area contributed by atoms with Gasteiger partial charge in [-0.15, -0.1) is 0 Å². The topological polar surface area (TPSA) is 55.3 Å². The Morgan fingerprint density at radius 2 is 2.00 bits per heavy atom. The number of likely N-dealkylation sites (tertiary alicyclic amines) is 1. The molecule has 2 aromatic rings.